The van der Waals surface area contributed by atoms with Gasteiger partial charge in [-0.05, 0) is 50.7 Å². The molecule has 0 spiro atoms. The first-order valence-electron chi connectivity index (χ1n) is 10.9. The second-order valence-electron chi connectivity index (χ2n) is 10.4. The van der Waals surface area contributed by atoms with Crippen LogP contribution in [0, 0.1) is 28.6 Å². The molecule has 0 aromatic rings. The summed E-state index contributed by atoms with van der Waals surface area (Å²) < 4.78 is 33.0. The van der Waals surface area contributed by atoms with Crippen LogP contribution in [0.3, 0.4) is 0 Å². The molecule has 4 N–H and O–H groups in total. The van der Waals surface area contributed by atoms with Crippen LogP contribution in [0.25, 0.3) is 0 Å². The van der Waals surface area contributed by atoms with E-state index < -0.39 is 66.2 Å². The Bertz CT molecular complexity index is 973. The minimum Gasteiger partial charge on any atom is -0.390 e. The number of Topliss-reactive ketones (excluding diaryl/α,β-unsaturated/α-hetero) is 1. The van der Waals surface area contributed by atoms with Gasteiger partial charge in [0, 0.05) is 22.7 Å². The third-order valence-electron chi connectivity index (χ3n) is 8.88. The molecule has 3 saturated carbocycles. The minimum absolute atomic E-state index is 0.226. The lowest BCUT2D eigenvalue weighted by Crippen LogP contribution is -2.74. The van der Waals surface area contributed by atoms with Gasteiger partial charge in [0.15, 0.2) is 22.8 Å². The zero-order valence-corrected chi connectivity index (χ0v) is 19.2. The molecule has 2 unspecified atom stereocenters. The number of hydrogen-bond donors (Lipinski definition) is 4. The Kier molecular flexibility index (Phi) is 5.34. The van der Waals surface area contributed by atoms with Crippen LogP contribution in [-0.2, 0) is 18.7 Å². The molecule has 0 heterocycles. The van der Waals surface area contributed by atoms with Gasteiger partial charge >= 0.3 is 7.82 Å². The first-order chi connectivity index (χ1) is 14.6. The maximum Gasteiger partial charge on any atom is 0.469 e. The van der Waals surface area contributed by atoms with Crippen LogP contribution in [-0.4, -0.2) is 55.5 Å². The summed E-state index contributed by atoms with van der Waals surface area (Å²) in [5.41, 5.74) is -6.39. The highest BCUT2D eigenvalue weighted by molar-refractivity contribution is 7.46. The van der Waals surface area contributed by atoms with Gasteiger partial charge in [0.05, 0.1) is 12.7 Å². The average Bonchev–Trinajstić information content (AvgIpc) is 2.69. The van der Waals surface area contributed by atoms with E-state index in [1.807, 2.05) is 0 Å². The molecule has 178 valence electrons. The van der Waals surface area contributed by atoms with Gasteiger partial charge in [0.2, 0.25) is 0 Å². The number of alkyl halides is 1. The summed E-state index contributed by atoms with van der Waals surface area (Å²) >= 11 is 0. The molecular weight excluding hydrogens is 442 g/mol. The summed E-state index contributed by atoms with van der Waals surface area (Å²) in [6.45, 7) is 3.90. The third kappa shape index (κ3) is 3.02. The number of carbonyl (C=O) groups is 2. The van der Waals surface area contributed by atoms with E-state index in [1.165, 1.54) is 18.2 Å². The van der Waals surface area contributed by atoms with E-state index in [0.717, 1.165) is 0 Å². The molecule has 3 fully saturated rings. The van der Waals surface area contributed by atoms with Gasteiger partial charge in [-0.1, -0.05) is 25.5 Å². The summed E-state index contributed by atoms with van der Waals surface area (Å²) in [6, 6.07) is 0. The fraction of sp³-hybridized carbons (Fsp3) is 0.727. The van der Waals surface area contributed by atoms with Crippen LogP contribution in [0.1, 0.15) is 46.5 Å². The van der Waals surface area contributed by atoms with Crippen LogP contribution >= 0.6 is 7.82 Å². The van der Waals surface area contributed by atoms with Crippen molar-refractivity contribution in [1.82, 2.24) is 0 Å². The van der Waals surface area contributed by atoms with Crippen molar-refractivity contribution in [2.45, 2.75) is 63.8 Å². The average molecular weight is 472 g/mol. The number of phosphoric ester groups is 1. The number of hydrogen-bond acceptors (Lipinski definition) is 6. The van der Waals surface area contributed by atoms with Gasteiger partial charge in [-0.15, -0.1) is 0 Å². The van der Waals surface area contributed by atoms with E-state index in [-0.39, 0.29) is 18.6 Å². The van der Waals surface area contributed by atoms with Gasteiger partial charge in [-0.2, -0.15) is 0 Å². The zero-order valence-electron chi connectivity index (χ0n) is 18.3. The van der Waals surface area contributed by atoms with Gasteiger partial charge in [0.1, 0.15) is 0 Å². The van der Waals surface area contributed by atoms with Crippen molar-refractivity contribution in [2.24, 2.45) is 28.6 Å². The molecule has 0 aromatic heterocycles. The molecule has 0 aromatic carbocycles. The molecule has 4 rings (SSSR count). The molecule has 10 heteroatoms. The SMILES string of the molecule is C[C@@H]1CC2C3CCC4=CC(=O)C=C[C@]4(C)[C@@]3(F)[C@@H](O)C[C@]2(C)[C@@](O)(COP(=O)(O)O)C1=O. The maximum atomic E-state index is 17.1. The Morgan fingerprint density at radius 1 is 1.25 bits per heavy atom. The standard InChI is InChI=1S/C22H30FO8P/c1-12-8-16-15-5-4-13-9-14(24)6-7-19(13,2)22(15,23)17(25)10-20(16,3)21(27,18(12)26)11-31-32(28,29)30/h6-7,9,12,15-17,25,27H,4-5,8,10-11H2,1-3H3,(H2,28,29,30)/t12-,15?,16?,17+,19+,20+,21-,22+/m1/s1. The van der Waals surface area contributed by atoms with Crippen molar-refractivity contribution >= 4 is 19.4 Å². The van der Waals surface area contributed by atoms with E-state index in [0.29, 0.717) is 18.4 Å². The van der Waals surface area contributed by atoms with Gasteiger partial charge in [0.25, 0.3) is 0 Å². The molecule has 0 saturated heterocycles. The largest absolute Gasteiger partial charge is 0.469 e. The number of allylic oxidation sites excluding steroid dienone is 4. The molecular formula is C22H30FO8P. The van der Waals surface area contributed by atoms with Crippen LogP contribution < -0.4 is 0 Å². The normalized spacial score (nSPS) is 48.6. The first-order valence-corrected chi connectivity index (χ1v) is 12.4. The minimum atomic E-state index is -4.99. The van der Waals surface area contributed by atoms with Crippen LogP contribution in [0.4, 0.5) is 4.39 Å². The number of phosphoric acid groups is 1. The Labute approximate surface area is 185 Å². The smallest absolute Gasteiger partial charge is 0.390 e. The Hall–Kier alpha value is -1.22. The molecule has 8 atom stereocenters. The van der Waals surface area contributed by atoms with Crippen LogP contribution in [0.15, 0.2) is 23.8 Å². The number of rotatable bonds is 3. The fourth-order valence-corrected chi connectivity index (χ4v) is 7.42. The van der Waals surface area contributed by atoms with Crippen molar-refractivity contribution < 1.29 is 43.1 Å². The maximum absolute atomic E-state index is 17.1. The fourth-order valence-electron chi connectivity index (χ4n) is 7.06. The summed E-state index contributed by atoms with van der Waals surface area (Å²) in [4.78, 5) is 43.3. The van der Waals surface area contributed by atoms with E-state index in [2.05, 4.69) is 4.52 Å². The number of aliphatic hydroxyl groups excluding tert-OH is 1. The van der Waals surface area contributed by atoms with E-state index in [1.54, 1.807) is 20.8 Å². The molecule has 4 aliphatic carbocycles. The topological polar surface area (TPSA) is 141 Å². The molecule has 0 bridgehead atoms. The van der Waals surface area contributed by atoms with Crippen molar-refractivity contribution in [3.8, 4) is 0 Å². The quantitative estimate of drug-likeness (QED) is 0.457. The molecule has 32 heavy (non-hydrogen) atoms. The van der Waals surface area contributed by atoms with E-state index in [4.69, 9.17) is 0 Å². The van der Waals surface area contributed by atoms with Crippen molar-refractivity contribution in [3.63, 3.8) is 0 Å². The molecule has 0 amide bonds. The number of fused-ring (bicyclic) bond motifs is 5. The number of halogens is 1. The highest BCUT2D eigenvalue weighted by Crippen LogP contribution is 2.68. The molecule has 8 nitrogen and oxygen atoms in total. The van der Waals surface area contributed by atoms with Crippen LogP contribution in [0.2, 0.25) is 0 Å². The van der Waals surface area contributed by atoms with Crippen molar-refractivity contribution in [1.29, 1.82) is 0 Å². The summed E-state index contributed by atoms with van der Waals surface area (Å²) in [5, 5.41) is 22.7. The molecule has 0 radical (unpaired) electrons. The van der Waals surface area contributed by atoms with Crippen molar-refractivity contribution in [3.05, 3.63) is 23.8 Å². The predicted octanol–water partition coefficient (Wildman–Crippen LogP) is 2.01. The molecule has 4 aliphatic rings. The highest BCUT2D eigenvalue weighted by atomic mass is 31.2. The first kappa shape index (κ1) is 23.9. The Balaban J connectivity index is 1.81. The number of ketones is 2. The van der Waals surface area contributed by atoms with Gasteiger partial charge in [-0.3, -0.25) is 14.1 Å². The third-order valence-corrected chi connectivity index (χ3v) is 9.35. The monoisotopic (exact) mass is 472 g/mol. The summed E-state index contributed by atoms with van der Waals surface area (Å²) in [7, 11) is -4.99. The number of carbonyl (C=O) groups excluding carboxylic acids is 2. The Morgan fingerprint density at radius 2 is 1.91 bits per heavy atom. The molecule has 0 aliphatic heterocycles. The van der Waals surface area contributed by atoms with E-state index in [9.17, 15) is 34.2 Å². The number of aliphatic hydroxyl groups is 2. The van der Waals surface area contributed by atoms with Gasteiger partial charge < -0.3 is 20.0 Å². The Morgan fingerprint density at radius 3 is 2.53 bits per heavy atom. The van der Waals surface area contributed by atoms with E-state index >= 15 is 4.39 Å². The van der Waals surface area contributed by atoms with Crippen LogP contribution in [0.5, 0.6) is 0 Å². The van der Waals surface area contributed by atoms with Crippen molar-refractivity contribution in [2.75, 3.05) is 6.61 Å². The summed E-state index contributed by atoms with van der Waals surface area (Å²) in [5.74, 6) is -2.84. The predicted molar refractivity (Wildman–Crippen MR) is 111 cm³/mol. The van der Waals surface area contributed by atoms with Gasteiger partial charge in [-0.25, -0.2) is 8.96 Å². The highest BCUT2D eigenvalue weighted by Gasteiger charge is 2.74. The lowest BCUT2D eigenvalue weighted by molar-refractivity contribution is -0.254. The second kappa shape index (κ2) is 7.14. The lowest BCUT2D eigenvalue weighted by atomic mass is 9.40. The second-order valence-corrected chi connectivity index (χ2v) is 11.6. The summed E-state index contributed by atoms with van der Waals surface area (Å²) in [6.07, 6.45) is 3.39. The zero-order chi connectivity index (χ0) is 23.9. The lowest BCUT2D eigenvalue weighted by Gasteiger charge is -2.66.